The van der Waals surface area contributed by atoms with E-state index < -0.39 is 0 Å². The van der Waals surface area contributed by atoms with E-state index in [-0.39, 0.29) is 6.04 Å². The van der Waals surface area contributed by atoms with Crippen molar-refractivity contribution in [3.8, 4) is 5.69 Å². The van der Waals surface area contributed by atoms with Crippen LogP contribution in [0.2, 0.25) is 0 Å². The van der Waals surface area contributed by atoms with Crippen molar-refractivity contribution < 1.29 is 4.52 Å². The van der Waals surface area contributed by atoms with Gasteiger partial charge in [-0.05, 0) is 33.0 Å². The molecule has 0 aliphatic heterocycles. The molecule has 0 unspecified atom stereocenters. The first-order valence-electron chi connectivity index (χ1n) is 7.23. The molecule has 0 saturated heterocycles. The van der Waals surface area contributed by atoms with E-state index in [1.54, 1.807) is 0 Å². The Morgan fingerprint density at radius 3 is 2.73 bits per heavy atom. The van der Waals surface area contributed by atoms with Crippen molar-refractivity contribution in [3.05, 3.63) is 60.0 Å². The summed E-state index contributed by atoms with van der Waals surface area (Å²) >= 11 is 0. The van der Waals surface area contributed by atoms with Crippen LogP contribution in [0.25, 0.3) is 5.69 Å². The van der Waals surface area contributed by atoms with Crippen molar-refractivity contribution in [2.75, 3.05) is 7.05 Å². The minimum absolute atomic E-state index is 0.0567. The molecule has 22 heavy (non-hydrogen) atoms. The number of nitrogens with zero attached hydrogens (tertiary/aromatic N) is 5. The minimum atomic E-state index is 0.0567. The highest BCUT2D eigenvalue weighted by Crippen LogP contribution is 2.19. The van der Waals surface area contributed by atoms with Crippen LogP contribution in [-0.2, 0) is 6.54 Å². The number of aromatic nitrogens is 4. The van der Waals surface area contributed by atoms with Gasteiger partial charge in [-0.1, -0.05) is 23.4 Å². The quantitative estimate of drug-likeness (QED) is 0.724. The van der Waals surface area contributed by atoms with Crippen LogP contribution in [0.15, 0.2) is 47.2 Å². The second-order valence-electron chi connectivity index (χ2n) is 5.40. The van der Waals surface area contributed by atoms with E-state index in [0.717, 1.165) is 17.8 Å². The van der Waals surface area contributed by atoms with Crippen molar-refractivity contribution >= 4 is 0 Å². The fourth-order valence-corrected chi connectivity index (χ4v) is 2.26. The maximum Gasteiger partial charge on any atom is 0.243 e. The van der Waals surface area contributed by atoms with Crippen LogP contribution in [0.1, 0.15) is 30.2 Å². The lowest BCUT2D eigenvalue weighted by Gasteiger charge is -2.20. The topological polar surface area (TPSA) is 60.0 Å². The molecule has 0 fully saturated rings. The zero-order valence-corrected chi connectivity index (χ0v) is 13.0. The van der Waals surface area contributed by atoms with Crippen molar-refractivity contribution in [3.63, 3.8) is 0 Å². The molecule has 3 rings (SSSR count). The first kappa shape index (κ1) is 14.5. The largest absolute Gasteiger partial charge is 0.338 e. The van der Waals surface area contributed by atoms with Crippen LogP contribution in [0.3, 0.4) is 0 Å². The molecule has 6 heteroatoms. The molecule has 0 spiro atoms. The summed E-state index contributed by atoms with van der Waals surface area (Å²) in [4.78, 5) is 6.44. The molecule has 1 aromatic carbocycles. The molecule has 0 radical (unpaired) electrons. The third-order valence-electron chi connectivity index (χ3n) is 3.65. The zero-order valence-electron chi connectivity index (χ0n) is 13.0. The fourth-order valence-electron chi connectivity index (χ4n) is 2.26. The Morgan fingerprint density at radius 1 is 1.27 bits per heavy atom. The lowest BCUT2D eigenvalue weighted by Crippen LogP contribution is -2.22. The molecule has 114 valence electrons. The van der Waals surface area contributed by atoms with Gasteiger partial charge in [0, 0.05) is 18.3 Å². The van der Waals surface area contributed by atoms with Gasteiger partial charge in [-0.15, -0.1) is 0 Å². The first-order valence-corrected chi connectivity index (χ1v) is 7.23. The van der Waals surface area contributed by atoms with Crippen LogP contribution in [0.5, 0.6) is 0 Å². The lowest BCUT2D eigenvalue weighted by atomic mass is 10.2. The van der Waals surface area contributed by atoms with E-state index in [1.165, 1.54) is 0 Å². The number of aryl methyl sites for hydroxylation is 1. The van der Waals surface area contributed by atoms with Gasteiger partial charge in [-0.25, -0.2) is 4.68 Å². The van der Waals surface area contributed by atoms with Gasteiger partial charge >= 0.3 is 0 Å². The molecule has 0 saturated carbocycles. The van der Waals surface area contributed by atoms with Gasteiger partial charge in [0.2, 0.25) is 5.89 Å². The monoisotopic (exact) mass is 297 g/mol. The van der Waals surface area contributed by atoms with E-state index in [1.807, 2.05) is 61.4 Å². The van der Waals surface area contributed by atoms with Crippen molar-refractivity contribution in [1.82, 2.24) is 24.8 Å². The number of benzene rings is 1. The molecule has 3 aromatic rings. The molecule has 1 atom stereocenters. The average Bonchev–Trinajstić information content (AvgIpc) is 3.16. The summed E-state index contributed by atoms with van der Waals surface area (Å²) in [5, 5.41) is 8.26. The molecule has 0 N–H and O–H groups in total. The summed E-state index contributed by atoms with van der Waals surface area (Å²) in [6, 6.07) is 10.1. The lowest BCUT2D eigenvalue weighted by molar-refractivity contribution is 0.202. The molecule has 0 aliphatic rings. The Labute approximate surface area is 129 Å². The van der Waals surface area contributed by atoms with Gasteiger partial charge < -0.3 is 4.52 Å². The smallest absolute Gasteiger partial charge is 0.243 e. The highest BCUT2D eigenvalue weighted by molar-refractivity contribution is 5.30. The van der Waals surface area contributed by atoms with Crippen LogP contribution < -0.4 is 0 Å². The predicted octanol–water partition coefficient (Wildman–Crippen LogP) is 2.76. The standard InChI is InChI=1S/C16H19N5O/c1-12(16-18-13(2)19-22-16)20(3)10-14-9-17-21(11-14)15-7-5-4-6-8-15/h4-9,11-12H,10H2,1-3H3/t12-/m1/s1. The maximum absolute atomic E-state index is 5.24. The number of rotatable bonds is 5. The average molecular weight is 297 g/mol. The summed E-state index contributed by atoms with van der Waals surface area (Å²) in [5.74, 6) is 1.29. The van der Waals surface area contributed by atoms with Crippen LogP contribution in [-0.4, -0.2) is 31.9 Å². The molecule has 0 amide bonds. The van der Waals surface area contributed by atoms with Crippen LogP contribution in [0.4, 0.5) is 0 Å². The number of hydrogen-bond donors (Lipinski definition) is 0. The Balaban J connectivity index is 1.69. The second-order valence-corrected chi connectivity index (χ2v) is 5.40. The summed E-state index contributed by atoms with van der Waals surface area (Å²) in [6.07, 6.45) is 3.92. The third kappa shape index (κ3) is 3.07. The molecule has 0 aliphatic carbocycles. The molecule has 6 nitrogen and oxygen atoms in total. The van der Waals surface area contributed by atoms with E-state index >= 15 is 0 Å². The van der Waals surface area contributed by atoms with Crippen molar-refractivity contribution in [1.29, 1.82) is 0 Å². The summed E-state index contributed by atoms with van der Waals surface area (Å²) in [7, 11) is 2.03. The highest BCUT2D eigenvalue weighted by Gasteiger charge is 2.18. The minimum Gasteiger partial charge on any atom is -0.338 e. The van der Waals surface area contributed by atoms with E-state index in [2.05, 4.69) is 27.1 Å². The van der Waals surface area contributed by atoms with Gasteiger partial charge in [0.1, 0.15) is 0 Å². The normalized spacial score (nSPS) is 12.7. The third-order valence-corrected chi connectivity index (χ3v) is 3.65. The molecular formula is C16H19N5O. The molecule has 2 aromatic heterocycles. The number of hydrogen-bond acceptors (Lipinski definition) is 5. The fraction of sp³-hybridized carbons (Fsp3) is 0.312. The van der Waals surface area contributed by atoms with Crippen molar-refractivity contribution in [2.24, 2.45) is 0 Å². The SMILES string of the molecule is Cc1noc([C@@H](C)N(C)Cc2cnn(-c3ccccc3)c2)n1. The van der Waals surface area contributed by atoms with Gasteiger partial charge in [0.25, 0.3) is 0 Å². The van der Waals surface area contributed by atoms with Crippen molar-refractivity contribution in [2.45, 2.75) is 26.4 Å². The van der Waals surface area contributed by atoms with E-state index in [9.17, 15) is 0 Å². The molecular weight excluding hydrogens is 278 g/mol. The summed E-state index contributed by atoms with van der Waals surface area (Å²) < 4.78 is 7.12. The Morgan fingerprint density at radius 2 is 2.05 bits per heavy atom. The Bertz CT molecular complexity index is 734. The first-order chi connectivity index (χ1) is 10.6. The van der Waals surface area contributed by atoms with Gasteiger partial charge in [-0.2, -0.15) is 10.1 Å². The highest BCUT2D eigenvalue weighted by atomic mass is 16.5. The zero-order chi connectivity index (χ0) is 15.5. The molecule has 2 heterocycles. The molecule has 0 bridgehead atoms. The van der Waals surface area contributed by atoms with Gasteiger partial charge in [0.05, 0.1) is 17.9 Å². The van der Waals surface area contributed by atoms with Gasteiger partial charge in [0.15, 0.2) is 5.82 Å². The predicted molar refractivity (Wildman–Crippen MR) is 82.5 cm³/mol. The van der Waals surface area contributed by atoms with E-state index in [0.29, 0.717) is 11.7 Å². The van der Waals surface area contributed by atoms with Gasteiger partial charge in [-0.3, -0.25) is 4.90 Å². The Kier molecular flexibility index (Phi) is 4.02. The van der Waals surface area contributed by atoms with Crippen LogP contribution >= 0.6 is 0 Å². The Hall–Kier alpha value is -2.47. The summed E-state index contributed by atoms with van der Waals surface area (Å²) in [5.41, 5.74) is 2.19. The number of para-hydroxylation sites is 1. The second kappa shape index (κ2) is 6.11. The summed E-state index contributed by atoms with van der Waals surface area (Å²) in [6.45, 7) is 4.63. The van der Waals surface area contributed by atoms with E-state index in [4.69, 9.17) is 4.52 Å². The maximum atomic E-state index is 5.24. The van der Waals surface area contributed by atoms with Crippen LogP contribution in [0, 0.1) is 6.92 Å².